The van der Waals surface area contributed by atoms with Crippen molar-refractivity contribution in [3.8, 4) is 0 Å². The quantitative estimate of drug-likeness (QED) is 0.808. The van der Waals surface area contributed by atoms with Crippen LogP contribution in [0, 0.1) is 5.92 Å². The molecule has 1 unspecified atom stereocenters. The maximum atomic E-state index is 12.1. The number of pyridine rings is 1. The van der Waals surface area contributed by atoms with Gasteiger partial charge in [0.2, 0.25) is 0 Å². The van der Waals surface area contributed by atoms with Crippen molar-refractivity contribution in [1.82, 2.24) is 14.6 Å². The maximum absolute atomic E-state index is 12.1. The molecule has 112 valence electrons. The Kier molecular flexibility index (Phi) is 5.09. The van der Waals surface area contributed by atoms with Gasteiger partial charge in [-0.1, -0.05) is 6.07 Å². The summed E-state index contributed by atoms with van der Waals surface area (Å²) in [6.07, 6.45) is 3.68. The predicted octanol–water partition coefficient (Wildman–Crippen LogP) is 0.160. The van der Waals surface area contributed by atoms with Gasteiger partial charge in [-0.25, -0.2) is 18.1 Å². The zero-order valence-electron chi connectivity index (χ0n) is 11.7. The highest BCUT2D eigenvalue weighted by atomic mass is 32.2. The molecule has 0 aliphatic carbocycles. The van der Waals surface area contributed by atoms with Gasteiger partial charge in [0.25, 0.3) is 10.0 Å². The lowest BCUT2D eigenvalue weighted by molar-refractivity contribution is 0.211. The Morgan fingerprint density at radius 1 is 1.50 bits per heavy atom. The summed E-state index contributed by atoms with van der Waals surface area (Å²) in [7, 11) is -1.46. The third-order valence-electron chi connectivity index (χ3n) is 3.59. The van der Waals surface area contributed by atoms with E-state index >= 15 is 0 Å². The monoisotopic (exact) mass is 298 g/mol. The second-order valence-corrected chi connectivity index (χ2v) is 7.05. The van der Waals surface area contributed by atoms with Gasteiger partial charge in [-0.05, 0) is 44.0 Å². The molecule has 1 saturated heterocycles. The SMILES string of the molecule is CN1CCCC(CNS(=O)(=O)c2ccc(CN)cn2)C1. The van der Waals surface area contributed by atoms with E-state index in [9.17, 15) is 8.42 Å². The summed E-state index contributed by atoms with van der Waals surface area (Å²) in [5.41, 5.74) is 6.29. The van der Waals surface area contributed by atoms with Crippen molar-refractivity contribution in [2.24, 2.45) is 11.7 Å². The van der Waals surface area contributed by atoms with E-state index in [1.54, 1.807) is 6.07 Å². The summed E-state index contributed by atoms with van der Waals surface area (Å²) in [5.74, 6) is 0.367. The lowest BCUT2D eigenvalue weighted by Crippen LogP contribution is -2.39. The van der Waals surface area contributed by atoms with E-state index in [2.05, 4.69) is 21.7 Å². The Bertz CT molecular complexity index is 530. The van der Waals surface area contributed by atoms with E-state index in [-0.39, 0.29) is 5.03 Å². The Morgan fingerprint density at radius 2 is 2.30 bits per heavy atom. The first-order valence-corrected chi connectivity index (χ1v) is 8.33. The minimum atomic E-state index is -3.52. The van der Waals surface area contributed by atoms with Crippen molar-refractivity contribution < 1.29 is 8.42 Å². The number of rotatable bonds is 5. The second-order valence-electron chi connectivity index (χ2n) is 5.33. The number of sulfonamides is 1. The van der Waals surface area contributed by atoms with Crippen molar-refractivity contribution in [2.45, 2.75) is 24.4 Å². The summed E-state index contributed by atoms with van der Waals surface area (Å²) >= 11 is 0. The second kappa shape index (κ2) is 6.62. The average Bonchev–Trinajstić information content (AvgIpc) is 2.45. The zero-order chi connectivity index (χ0) is 14.6. The van der Waals surface area contributed by atoms with Crippen molar-refractivity contribution in [1.29, 1.82) is 0 Å². The van der Waals surface area contributed by atoms with Crippen molar-refractivity contribution >= 4 is 10.0 Å². The first-order chi connectivity index (χ1) is 9.51. The highest BCUT2D eigenvalue weighted by Gasteiger charge is 2.21. The number of aromatic nitrogens is 1. The van der Waals surface area contributed by atoms with Crippen molar-refractivity contribution in [3.05, 3.63) is 23.9 Å². The fraction of sp³-hybridized carbons (Fsp3) is 0.615. The Labute approximate surface area is 120 Å². The van der Waals surface area contributed by atoms with Gasteiger partial charge in [0.05, 0.1) is 0 Å². The van der Waals surface area contributed by atoms with Crippen LogP contribution in [0.3, 0.4) is 0 Å². The minimum Gasteiger partial charge on any atom is -0.326 e. The van der Waals surface area contributed by atoms with Gasteiger partial charge in [0.1, 0.15) is 0 Å². The summed E-state index contributed by atoms with van der Waals surface area (Å²) < 4.78 is 26.9. The van der Waals surface area contributed by atoms with E-state index in [0.29, 0.717) is 19.0 Å². The molecule has 0 aromatic carbocycles. The minimum absolute atomic E-state index is 0.0545. The van der Waals surface area contributed by atoms with E-state index in [4.69, 9.17) is 5.73 Å². The van der Waals surface area contributed by atoms with Gasteiger partial charge < -0.3 is 10.6 Å². The molecule has 1 atom stereocenters. The number of nitrogens with zero attached hydrogens (tertiary/aromatic N) is 2. The number of likely N-dealkylation sites (tertiary alicyclic amines) is 1. The molecule has 1 aliphatic heterocycles. The van der Waals surface area contributed by atoms with Crippen molar-refractivity contribution in [2.75, 3.05) is 26.7 Å². The summed E-state index contributed by atoms with van der Waals surface area (Å²) in [5, 5.41) is 0.0545. The summed E-state index contributed by atoms with van der Waals surface area (Å²) in [4.78, 5) is 6.19. The maximum Gasteiger partial charge on any atom is 0.258 e. The van der Waals surface area contributed by atoms with Crippen LogP contribution in [0.25, 0.3) is 0 Å². The molecule has 7 heteroatoms. The number of hydrogen-bond acceptors (Lipinski definition) is 5. The van der Waals surface area contributed by atoms with Crippen LogP contribution in [-0.2, 0) is 16.6 Å². The third-order valence-corrected chi connectivity index (χ3v) is 4.93. The molecule has 0 saturated carbocycles. The van der Waals surface area contributed by atoms with E-state index in [1.807, 2.05) is 0 Å². The van der Waals surface area contributed by atoms with Gasteiger partial charge in [-0.3, -0.25) is 0 Å². The first-order valence-electron chi connectivity index (χ1n) is 6.84. The van der Waals surface area contributed by atoms with Gasteiger partial charge >= 0.3 is 0 Å². The van der Waals surface area contributed by atoms with Gasteiger partial charge in [0, 0.05) is 25.8 Å². The van der Waals surface area contributed by atoms with Crippen LogP contribution < -0.4 is 10.5 Å². The number of piperidine rings is 1. The Balaban J connectivity index is 1.96. The fourth-order valence-electron chi connectivity index (χ4n) is 2.43. The first kappa shape index (κ1) is 15.4. The van der Waals surface area contributed by atoms with Crippen molar-refractivity contribution in [3.63, 3.8) is 0 Å². The molecule has 6 nitrogen and oxygen atoms in total. The van der Waals surface area contributed by atoms with Gasteiger partial charge in [0.15, 0.2) is 5.03 Å². The fourth-order valence-corrected chi connectivity index (χ4v) is 3.47. The normalized spacial score (nSPS) is 21.0. The molecule has 0 amide bonds. The highest BCUT2D eigenvalue weighted by molar-refractivity contribution is 7.89. The molecule has 1 aromatic rings. The lowest BCUT2D eigenvalue weighted by atomic mass is 9.99. The molecule has 1 aliphatic rings. The van der Waals surface area contributed by atoms with Crippen LogP contribution in [0.4, 0.5) is 0 Å². The molecule has 2 heterocycles. The third kappa shape index (κ3) is 3.99. The van der Waals surface area contributed by atoms with Crippen LogP contribution in [0.1, 0.15) is 18.4 Å². The van der Waals surface area contributed by atoms with Crippen LogP contribution in [0.5, 0.6) is 0 Å². The Hall–Kier alpha value is -1.02. The largest absolute Gasteiger partial charge is 0.326 e. The predicted molar refractivity (Wildman–Crippen MR) is 77.5 cm³/mol. The smallest absolute Gasteiger partial charge is 0.258 e. The standard InChI is InChI=1S/C13H22N4O2S/c1-17-6-2-3-12(10-17)9-16-20(18,19)13-5-4-11(7-14)8-15-13/h4-5,8,12,16H,2-3,6-7,9-10,14H2,1H3. The van der Waals surface area contributed by atoms with E-state index in [0.717, 1.165) is 31.5 Å². The van der Waals surface area contributed by atoms with Crippen LogP contribution in [-0.4, -0.2) is 45.0 Å². The lowest BCUT2D eigenvalue weighted by Gasteiger charge is -2.29. The van der Waals surface area contributed by atoms with Crippen LogP contribution in [0.2, 0.25) is 0 Å². The average molecular weight is 298 g/mol. The molecule has 1 aromatic heterocycles. The van der Waals surface area contributed by atoms with E-state index < -0.39 is 10.0 Å². The van der Waals surface area contributed by atoms with Gasteiger partial charge in [-0.15, -0.1) is 0 Å². The van der Waals surface area contributed by atoms with Gasteiger partial charge in [-0.2, -0.15) is 0 Å². The molecule has 3 N–H and O–H groups in total. The highest BCUT2D eigenvalue weighted by Crippen LogP contribution is 2.15. The summed E-state index contributed by atoms with van der Waals surface area (Å²) in [6, 6.07) is 3.19. The molecule has 0 radical (unpaired) electrons. The molecule has 1 fully saturated rings. The molecule has 20 heavy (non-hydrogen) atoms. The number of nitrogens with one attached hydrogen (secondary N) is 1. The Morgan fingerprint density at radius 3 is 2.90 bits per heavy atom. The molecular weight excluding hydrogens is 276 g/mol. The van der Waals surface area contributed by atoms with E-state index in [1.165, 1.54) is 12.3 Å². The van der Waals surface area contributed by atoms with Crippen LogP contribution in [0.15, 0.2) is 23.4 Å². The molecular formula is C13H22N4O2S. The topological polar surface area (TPSA) is 88.3 Å². The molecule has 0 bridgehead atoms. The summed E-state index contributed by atoms with van der Waals surface area (Å²) in [6.45, 7) is 2.84. The number of hydrogen-bond donors (Lipinski definition) is 2. The zero-order valence-corrected chi connectivity index (χ0v) is 12.6. The molecule has 2 rings (SSSR count). The molecule has 0 spiro atoms. The number of nitrogens with two attached hydrogens (primary N) is 1. The van der Waals surface area contributed by atoms with Crippen LogP contribution >= 0.6 is 0 Å².